The van der Waals surface area contributed by atoms with Crippen LogP contribution >= 0.6 is 0 Å². The van der Waals surface area contributed by atoms with Crippen LogP contribution < -0.4 is 15.8 Å². The van der Waals surface area contributed by atoms with Crippen molar-refractivity contribution < 1.29 is 9.53 Å². The molecule has 124 valence electrons. The van der Waals surface area contributed by atoms with Crippen molar-refractivity contribution in [3.8, 4) is 5.75 Å². The fourth-order valence-electron chi connectivity index (χ4n) is 3.64. The number of anilines is 1. The van der Waals surface area contributed by atoms with E-state index < -0.39 is 0 Å². The maximum Gasteiger partial charge on any atom is 0.197 e. The molecule has 2 aromatic carbocycles. The molecular formula is C20H22N2O2. The fraction of sp³-hybridized carbons (Fsp3) is 0.350. The van der Waals surface area contributed by atoms with E-state index in [2.05, 4.69) is 5.32 Å². The Labute approximate surface area is 142 Å². The minimum Gasteiger partial charge on any atom is -0.488 e. The van der Waals surface area contributed by atoms with Gasteiger partial charge >= 0.3 is 0 Å². The summed E-state index contributed by atoms with van der Waals surface area (Å²) >= 11 is 0. The van der Waals surface area contributed by atoms with Gasteiger partial charge in [0, 0.05) is 35.0 Å². The van der Waals surface area contributed by atoms with Gasteiger partial charge in [0.15, 0.2) is 5.78 Å². The molecule has 2 aromatic rings. The van der Waals surface area contributed by atoms with E-state index in [0.717, 1.165) is 29.7 Å². The van der Waals surface area contributed by atoms with Gasteiger partial charge in [-0.15, -0.1) is 0 Å². The summed E-state index contributed by atoms with van der Waals surface area (Å²) in [7, 11) is 0. The van der Waals surface area contributed by atoms with Gasteiger partial charge in [0.2, 0.25) is 0 Å². The SMILES string of the molecule is N[C@@H]1CCCC[C@@H]1Nc1ccc2c(c1)OCc1ccccc1C2=O. The molecule has 1 fully saturated rings. The number of fused-ring (bicyclic) bond motifs is 2. The first-order chi connectivity index (χ1) is 11.7. The van der Waals surface area contributed by atoms with Gasteiger partial charge < -0.3 is 15.8 Å². The van der Waals surface area contributed by atoms with E-state index in [1.165, 1.54) is 12.8 Å². The molecule has 0 unspecified atom stereocenters. The van der Waals surface area contributed by atoms with Crippen molar-refractivity contribution in [2.45, 2.75) is 44.4 Å². The molecule has 0 spiro atoms. The van der Waals surface area contributed by atoms with Crippen LogP contribution in [0.2, 0.25) is 0 Å². The lowest BCUT2D eigenvalue weighted by Crippen LogP contribution is -2.42. The molecular weight excluding hydrogens is 300 g/mol. The van der Waals surface area contributed by atoms with Crippen LogP contribution in [0.3, 0.4) is 0 Å². The van der Waals surface area contributed by atoms with Crippen molar-refractivity contribution in [3.05, 3.63) is 59.2 Å². The number of carbonyl (C=O) groups excluding carboxylic acids is 1. The zero-order valence-corrected chi connectivity index (χ0v) is 13.6. The number of hydrogen-bond acceptors (Lipinski definition) is 4. The van der Waals surface area contributed by atoms with Crippen LogP contribution in [0.4, 0.5) is 5.69 Å². The third-order valence-electron chi connectivity index (χ3n) is 5.04. The van der Waals surface area contributed by atoms with E-state index in [9.17, 15) is 4.79 Å². The zero-order chi connectivity index (χ0) is 16.5. The largest absolute Gasteiger partial charge is 0.488 e. The maximum absolute atomic E-state index is 12.8. The van der Waals surface area contributed by atoms with Crippen LogP contribution in [-0.2, 0) is 6.61 Å². The Morgan fingerprint density at radius 3 is 2.75 bits per heavy atom. The van der Waals surface area contributed by atoms with Gasteiger partial charge in [-0.3, -0.25) is 4.79 Å². The van der Waals surface area contributed by atoms with Crippen molar-refractivity contribution in [1.82, 2.24) is 0 Å². The molecule has 1 aliphatic heterocycles. The summed E-state index contributed by atoms with van der Waals surface area (Å²) in [4.78, 5) is 12.8. The second-order valence-corrected chi connectivity index (χ2v) is 6.69. The van der Waals surface area contributed by atoms with Crippen LogP contribution in [0.5, 0.6) is 5.75 Å². The van der Waals surface area contributed by atoms with E-state index in [0.29, 0.717) is 17.9 Å². The minimum absolute atomic E-state index is 0.0269. The Kier molecular flexibility index (Phi) is 3.98. The van der Waals surface area contributed by atoms with Crippen LogP contribution in [0.15, 0.2) is 42.5 Å². The maximum atomic E-state index is 12.8. The summed E-state index contributed by atoms with van der Waals surface area (Å²) in [5.74, 6) is 0.671. The first kappa shape index (κ1) is 15.2. The van der Waals surface area contributed by atoms with Crippen molar-refractivity contribution in [2.75, 3.05) is 5.32 Å². The number of ether oxygens (including phenoxy) is 1. The summed E-state index contributed by atoms with van der Waals surface area (Å²) in [6, 6.07) is 13.8. The second-order valence-electron chi connectivity index (χ2n) is 6.69. The van der Waals surface area contributed by atoms with Gasteiger partial charge in [0.25, 0.3) is 0 Å². The summed E-state index contributed by atoms with van der Waals surface area (Å²) in [6.07, 6.45) is 4.57. The highest BCUT2D eigenvalue weighted by Crippen LogP contribution is 2.32. The predicted octanol–water partition coefficient (Wildman–Crippen LogP) is 3.49. The van der Waals surface area contributed by atoms with Crippen LogP contribution in [0.25, 0.3) is 0 Å². The molecule has 3 N–H and O–H groups in total. The van der Waals surface area contributed by atoms with E-state index in [4.69, 9.17) is 10.5 Å². The number of hydrogen-bond donors (Lipinski definition) is 2. The number of rotatable bonds is 2. The molecule has 24 heavy (non-hydrogen) atoms. The summed E-state index contributed by atoms with van der Waals surface area (Å²) < 4.78 is 5.91. The Hall–Kier alpha value is -2.33. The third kappa shape index (κ3) is 2.78. The number of carbonyl (C=O) groups is 1. The Morgan fingerprint density at radius 1 is 1.04 bits per heavy atom. The highest BCUT2D eigenvalue weighted by atomic mass is 16.5. The summed E-state index contributed by atoms with van der Waals surface area (Å²) in [6.45, 7) is 0.418. The lowest BCUT2D eigenvalue weighted by molar-refractivity contribution is 0.103. The molecule has 4 heteroatoms. The molecule has 1 aliphatic carbocycles. The van der Waals surface area contributed by atoms with E-state index in [-0.39, 0.29) is 17.9 Å². The van der Waals surface area contributed by atoms with Gasteiger partial charge in [-0.05, 0) is 25.0 Å². The number of nitrogens with two attached hydrogens (primary N) is 1. The van der Waals surface area contributed by atoms with Gasteiger partial charge in [-0.1, -0.05) is 37.1 Å². The standard InChI is InChI=1S/C20H22N2O2/c21-17-7-3-4-8-18(17)22-14-9-10-16-19(11-14)24-12-13-5-1-2-6-15(13)20(16)23/h1-2,5-6,9-11,17-18,22H,3-4,7-8,12,21H2/t17-,18+/m1/s1. The van der Waals surface area contributed by atoms with Gasteiger partial charge in [-0.2, -0.15) is 0 Å². The summed E-state index contributed by atoms with van der Waals surface area (Å²) in [5, 5.41) is 3.52. The quantitative estimate of drug-likeness (QED) is 0.888. The highest BCUT2D eigenvalue weighted by molar-refractivity contribution is 6.12. The molecule has 0 aromatic heterocycles. The van der Waals surface area contributed by atoms with Gasteiger partial charge in [-0.25, -0.2) is 0 Å². The Morgan fingerprint density at radius 2 is 1.88 bits per heavy atom. The van der Waals surface area contributed by atoms with Crippen LogP contribution in [0, 0.1) is 0 Å². The smallest absolute Gasteiger partial charge is 0.197 e. The zero-order valence-electron chi connectivity index (χ0n) is 13.6. The second kappa shape index (κ2) is 6.29. The number of ketones is 1. The van der Waals surface area contributed by atoms with Crippen molar-refractivity contribution in [2.24, 2.45) is 5.73 Å². The van der Waals surface area contributed by atoms with Crippen LogP contribution in [-0.4, -0.2) is 17.9 Å². The van der Waals surface area contributed by atoms with Gasteiger partial charge in [0.1, 0.15) is 12.4 Å². The molecule has 0 amide bonds. The topological polar surface area (TPSA) is 64.3 Å². The average Bonchev–Trinajstić information content (AvgIpc) is 2.75. The Balaban J connectivity index is 1.61. The molecule has 1 heterocycles. The lowest BCUT2D eigenvalue weighted by atomic mass is 9.91. The normalized spacial score (nSPS) is 22.8. The monoisotopic (exact) mass is 322 g/mol. The van der Waals surface area contributed by atoms with E-state index >= 15 is 0 Å². The predicted molar refractivity (Wildman–Crippen MR) is 94.5 cm³/mol. The van der Waals surface area contributed by atoms with Gasteiger partial charge in [0.05, 0.1) is 5.56 Å². The lowest BCUT2D eigenvalue weighted by Gasteiger charge is -2.30. The average molecular weight is 322 g/mol. The molecule has 1 saturated carbocycles. The molecule has 2 atom stereocenters. The van der Waals surface area contributed by atoms with E-state index in [1.807, 2.05) is 42.5 Å². The van der Waals surface area contributed by atoms with E-state index in [1.54, 1.807) is 0 Å². The molecule has 0 bridgehead atoms. The molecule has 0 radical (unpaired) electrons. The molecule has 4 nitrogen and oxygen atoms in total. The highest BCUT2D eigenvalue weighted by Gasteiger charge is 2.24. The first-order valence-electron chi connectivity index (χ1n) is 8.64. The number of nitrogens with one attached hydrogen (secondary N) is 1. The van der Waals surface area contributed by atoms with Crippen molar-refractivity contribution >= 4 is 11.5 Å². The van der Waals surface area contributed by atoms with Crippen molar-refractivity contribution in [3.63, 3.8) is 0 Å². The first-order valence-corrected chi connectivity index (χ1v) is 8.64. The molecule has 0 saturated heterocycles. The van der Waals surface area contributed by atoms with Crippen molar-refractivity contribution in [1.29, 1.82) is 0 Å². The third-order valence-corrected chi connectivity index (χ3v) is 5.04. The number of benzene rings is 2. The summed E-state index contributed by atoms with van der Waals surface area (Å²) in [5.41, 5.74) is 9.47. The molecule has 4 rings (SSSR count). The van der Waals surface area contributed by atoms with Crippen LogP contribution in [0.1, 0.15) is 47.2 Å². The fourth-order valence-corrected chi connectivity index (χ4v) is 3.64. The molecule has 2 aliphatic rings. The Bertz CT molecular complexity index is 772. The minimum atomic E-state index is 0.0269.